The highest BCUT2D eigenvalue weighted by molar-refractivity contribution is 9.26. The third-order valence-corrected chi connectivity index (χ3v) is 7.53. The van der Waals surface area contributed by atoms with Crippen LogP contribution in [0.5, 0.6) is 0 Å². The fourth-order valence-electron chi connectivity index (χ4n) is 0.354. The quantitative estimate of drug-likeness (QED) is 0.481. The Morgan fingerprint density at radius 1 is 0.750 bits per heavy atom. The van der Waals surface area contributed by atoms with Gasteiger partial charge in [0, 0.05) is 24.7 Å². The van der Waals surface area contributed by atoms with Gasteiger partial charge in [0.2, 0.25) is 0 Å². The van der Waals surface area contributed by atoms with Crippen LogP contribution in [-0.2, 0) is 0 Å². The molecule has 0 saturated carbocycles. The van der Waals surface area contributed by atoms with Gasteiger partial charge in [-0.1, -0.05) is 21.6 Å². The lowest BCUT2D eigenvalue weighted by Crippen LogP contribution is -1.82. The van der Waals surface area contributed by atoms with Gasteiger partial charge in [-0.3, -0.25) is 0 Å². The molecule has 0 bridgehead atoms. The molecule has 0 aliphatic heterocycles. The van der Waals surface area contributed by atoms with Crippen molar-refractivity contribution in [2.75, 3.05) is 24.7 Å². The molecule has 0 fully saturated rings. The average Bonchev–Trinajstić information content (AvgIpc) is 2.10. The molecule has 0 aliphatic rings. The Morgan fingerprint density at radius 3 is 1.50 bits per heavy atom. The van der Waals surface area contributed by atoms with Crippen molar-refractivity contribution < 1.29 is 10.2 Å². The second-order valence-electron chi connectivity index (χ2n) is 1.93. The molecule has 0 atom stereocenters. The van der Waals surface area contributed by atoms with Crippen LogP contribution in [0.1, 0.15) is 12.8 Å². The van der Waals surface area contributed by atoms with E-state index in [2.05, 4.69) is 0 Å². The molecule has 0 amide bonds. The van der Waals surface area contributed by atoms with E-state index in [0.717, 1.165) is 24.3 Å². The molecule has 6 heteroatoms. The zero-order chi connectivity index (χ0) is 9.07. The molecular weight excluding hydrogens is 232 g/mol. The number of hydrogen-bond donors (Lipinski definition) is 2. The molecule has 2 N–H and O–H groups in total. The van der Waals surface area contributed by atoms with E-state index in [1.54, 1.807) is 41.2 Å². The monoisotopic (exact) mass is 246 g/mol. The van der Waals surface area contributed by atoms with Gasteiger partial charge in [0.05, 0.1) is 0 Å². The fourth-order valence-corrected chi connectivity index (χ4v) is 6.47. The number of rotatable bonds is 9. The van der Waals surface area contributed by atoms with E-state index in [9.17, 15) is 0 Å². The molecule has 0 aromatic heterocycles. The third-order valence-electron chi connectivity index (χ3n) is 0.896. The van der Waals surface area contributed by atoms with Gasteiger partial charge >= 0.3 is 0 Å². The van der Waals surface area contributed by atoms with Crippen molar-refractivity contribution in [3.63, 3.8) is 0 Å². The predicted octanol–water partition coefficient (Wildman–Crippen LogP) is 2.43. The summed E-state index contributed by atoms with van der Waals surface area (Å²) in [7, 11) is 7.04. The molecule has 0 heterocycles. The predicted molar refractivity (Wildman–Crippen MR) is 63.5 cm³/mol. The van der Waals surface area contributed by atoms with Crippen molar-refractivity contribution in [2.24, 2.45) is 0 Å². The highest BCUT2D eigenvalue weighted by Crippen LogP contribution is 2.43. The maximum Gasteiger partial charge on any atom is 0.0439 e. The summed E-state index contributed by atoms with van der Waals surface area (Å²) < 4.78 is 0. The van der Waals surface area contributed by atoms with Crippen molar-refractivity contribution in [1.29, 1.82) is 0 Å². The van der Waals surface area contributed by atoms with E-state index >= 15 is 0 Å². The van der Waals surface area contributed by atoms with Gasteiger partial charge in [-0.05, 0) is 32.5 Å². The summed E-state index contributed by atoms with van der Waals surface area (Å²) in [6.07, 6.45) is 1.75. The zero-order valence-electron chi connectivity index (χ0n) is 6.77. The Kier molecular flexibility index (Phi) is 13.7. The molecular formula is C6H14O2S4. The smallest absolute Gasteiger partial charge is 0.0439 e. The molecule has 0 saturated heterocycles. The minimum atomic E-state index is 0.288. The van der Waals surface area contributed by atoms with Gasteiger partial charge in [0.15, 0.2) is 0 Å². The van der Waals surface area contributed by atoms with Crippen LogP contribution < -0.4 is 0 Å². The van der Waals surface area contributed by atoms with Gasteiger partial charge in [-0.25, -0.2) is 0 Å². The van der Waals surface area contributed by atoms with E-state index in [-0.39, 0.29) is 13.2 Å². The van der Waals surface area contributed by atoms with Gasteiger partial charge in [0.25, 0.3) is 0 Å². The Hall–Kier alpha value is 1.32. The third kappa shape index (κ3) is 11.3. The highest BCUT2D eigenvalue weighted by Gasteiger charge is 1.92. The summed E-state index contributed by atoms with van der Waals surface area (Å²) in [6.45, 7) is 0.575. The molecule has 0 rings (SSSR count). The van der Waals surface area contributed by atoms with Crippen molar-refractivity contribution >= 4 is 41.2 Å². The lowest BCUT2D eigenvalue weighted by atomic mass is 10.5. The van der Waals surface area contributed by atoms with Crippen LogP contribution in [-0.4, -0.2) is 34.9 Å². The van der Waals surface area contributed by atoms with Gasteiger partial charge in [-0.2, -0.15) is 0 Å². The molecule has 0 spiro atoms. The summed E-state index contributed by atoms with van der Waals surface area (Å²) in [5.41, 5.74) is 0. The molecule has 12 heavy (non-hydrogen) atoms. The Balaban J connectivity index is 2.73. The topological polar surface area (TPSA) is 40.5 Å². The number of hydrogen-bond acceptors (Lipinski definition) is 6. The maximum absolute atomic E-state index is 8.48. The van der Waals surface area contributed by atoms with Gasteiger partial charge in [-0.15, -0.1) is 0 Å². The first-order valence-corrected chi connectivity index (χ1v) is 8.86. The second kappa shape index (κ2) is 12.3. The Morgan fingerprint density at radius 2 is 1.17 bits per heavy atom. The van der Waals surface area contributed by atoms with E-state index in [4.69, 9.17) is 10.2 Å². The van der Waals surface area contributed by atoms with Crippen LogP contribution in [0, 0.1) is 0 Å². The highest BCUT2D eigenvalue weighted by atomic mass is 33.7. The van der Waals surface area contributed by atoms with E-state index < -0.39 is 0 Å². The summed E-state index contributed by atoms with van der Waals surface area (Å²) in [5, 5.41) is 17.0. The largest absolute Gasteiger partial charge is 0.396 e. The standard InChI is InChI=1S/C6H14O2S4/c7-3-1-5-9-11-12-10-6-2-4-8/h7-8H,1-6H2. The van der Waals surface area contributed by atoms with Crippen LogP contribution in [0.2, 0.25) is 0 Å². The van der Waals surface area contributed by atoms with E-state index in [0.29, 0.717) is 0 Å². The normalized spacial score (nSPS) is 10.5. The molecule has 0 unspecified atom stereocenters. The Labute approximate surface area is 88.8 Å². The van der Waals surface area contributed by atoms with Crippen molar-refractivity contribution in [2.45, 2.75) is 12.8 Å². The van der Waals surface area contributed by atoms with Crippen LogP contribution in [0.4, 0.5) is 0 Å². The first-order chi connectivity index (χ1) is 5.91. The zero-order valence-corrected chi connectivity index (χ0v) is 10.0. The van der Waals surface area contributed by atoms with Crippen LogP contribution in [0.3, 0.4) is 0 Å². The summed E-state index contributed by atoms with van der Waals surface area (Å²) in [6, 6.07) is 0. The SMILES string of the molecule is OCCCSSSSCCCO. The minimum absolute atomic E-state index is 0.288. The molecule has 0 aliphatic carbocycles. The van der Waals surface area contributed by atoms with Crippen molar-refractivity contribution in [3.05, 3.63) is 0 Å². The lowest BCUT2D eigenvalue weighted by molar-refractivity contribution is 0.296. The summed E-state index contributed by atoms with van der Waals surface area (Å²) in [5.74, 6) is 2.02. The number of aliphatic hydroxyl groups excluding tert-OH is 2. The van der Waals surface area contributed by atoms with Crippen LogP contribution in [0.25, 0.3) is 0 Å². The molecule has 0 aromatic carbocycles. The van der Waals surface area contributed by atoms with Crippen LogP contribution in [0.15, 0.2) is 0 Å². The molecule has 0 aromatic rings. The Bertz CT molecular complexity index is 73.9. The van der Waals surface area contributed by atoms with E-state index in [1.807, 2.05) is 0 Å². The minimum Gasteiger partial charge on any atom is -0.396 e. The number of aliphatic hydroxyl groups is 2. The average molecular weight is 246 g/mol. The molecule has 0 radical (unpaired) electrons. The second-order valence-corrected chi connectivity index (χ2v) is 8.17. The van der Waals surface area contributed by atoms with Gasteiger partial charge in [0.1, 0.15) is 0 Å². The van der Waals surface area contributed by atoms with Crippen molar-refractivity contribution in [3.8, 4) is 0 Å². The first kappa shape index (κ1) is 13.3. The maximum atomic E-state index is 8.48. The van der Waals surface area contributed by atoms with Crippen LogP contribution >= 0.6 is 41.2 Å². The first-order valence-electron chi connectivity index (χ1n) is 3.71. The van der Waals surface area contributed by atoms with Crippen molar-refractivity contribution in [1.82, 2.24) is 0 Å². The fraction of sp³-hybridized carbons (Fsp3) is 1.00. The lowest BCUT2D eigenvalue weighted by Gasteiger charge is -1.97. The molecule has 74 valence electrons. The van der Waals surface area contributed by atoms with E-state index in [1.165, 1.54) is 0 Å². The molecule has 2 nitrogen and oxygen atoms in total. The summed E-state index contributed by atoms with van der Waals surface area (Å²) in [4.78, 5) is 0. The summed E-state index contributed by atoms with van der Waals surface area (Å²) >= 11 is 0. The van der Waals surface area contributed by atoms with Gasteiger partial charge < -0.3 is 10.2 Å².